The summed E-state index contributed by atoms with van der Waals surface area (Å²) in [5.41, 5.74) is 2.52. The number of unbranched alkanes of at least 4 members (excludes halogenated alkanes) is 1. The van der Waals surface area contributed by atoms with Gasteiger partial charge in [-0.3, -0.25) is 9.78 Å². The maximum Gasteiger partial charge on any atom is 0.253 e. The minimum absolute atomic E-state index is 0.164. The van der Waals surface area contributed by atoms with Crippen LogP contribution in [0.1, 0.15) is 29.0 Å². The fraction of sp³-hybridized carbons (Fsp3) is 0.240. The van der Waals surface area contributed by atoms with Gasteiger partial charge in [-0.1, -0.05) is 18.2 Å². The van der Waals surface area contributed by atoms with Crippen LogP contribution >= 0.6 is 0 Å². The summed E-state index contributed by atoms with van der Waals surface area (Å²) in [4.78, 5) is 21.1. The molecule has 0 spiro atoms. The van der Waals surface area contributed by atoms with Crippen molar-refractivity contribution in [1.29, 1.82) is 0 Å². The Kier molecular flexibility index (Phi) is 6.97. The maximum atomic E-state index is 12.4. The summed E-state index contributed by atoms with van der Waals surface area (Å²) in [5, 5.41) is 2.95. The Morgan fingerprint density at radius 1 is 1.03 bits per heavy atom. The molecular formula is C25H26N4O3. The number of amides is 1. The Bertz CT molecular complexity index is 1170. The van der Waals surface area contributed by atoms with Crippen LogP contribution in [-0.2, 0) is 13.1 Å². The number of fused-ring (bicyclic) bond motifs is 1. The normalized spacial score (nSPS) is 10.8. The molecular weight excluding hydrogens is 404 g/mol. The first-order valence-electron chi connectivity index (χ1n) is 10.6. The Hall–Kier alpha value is -3.87. The largest absolute Gasteiger partial charge is 0.497 e. The van der Waals surface area contributed by atoms with Crippen molar-refractivity contribution in [1.82, 2.24) is 19.9 Å². The zero-order valence-electron chi connectivity index (χ0n) is 18.0. The molecule has 2 aromatic carbocycles. The minimum Gasteiger partial charge on any atom is -0.497 e. The van der Waals surface area contributed by atoms with Gasteiger partial charge in [-0.05, 0) is 49.2 Å². The fourth-order valence-corrected chi connectivity index (χ4v) is 3.52. The van der Waals surface area contributed by atoms with Crippen LogP contribution in [0.4, 0.5) is 0 Å². The molecule has 0 saturated carbocycles. The Labute approximate surface area is 187 Å². The number of aromatic nitrogens is 3. The summed E-state index contributed by atoms with van der Waals surface area (Å²) in [6.07, 6.45) is 5.02. The third-order valence-corrected chi connectivity index (χ3v) is 5.15. The number of carbonyl (C=O) groups is 1. The van der Waals surface area contributed by atoms with Gasteiger partial charge in [0.15, 0.2) is 0 Å². The van der Waals surface area contributed by atoms with E-state index in [4.69, 9.17) is 14.5 Å². The van der Waals surface area contributed by atoms with Gasteiger partial charge in [0.05, 0.1) is 36.9 Å². The van der Waals surface area contributed by atoms with Gasteiger partial charge in [0, 0.05) is 25.0 Å². The van der Waals surface area contributed by atoms with E-state index in [1.54, 1.807) is 31.6 Å². The van der Waals surface area contributed by atoms with E-state index in [9.17, 15) is 4.79 Å². The van der Waals surface area contributed by atoms with Crippen molar-refractivity contribution in [2.75, 3.05) is 13.7 Å². The van der Waals surface area contributed by atoms with Gasteiger partial charge in [-0.15, -0.1) is 0 Å². The lowest BCUT2D eigenvalue weighted by Gasteiger charge is -2.11. The molecule has 2 aromatic heterocycles. The highest BCUT2D eigenvalue weighted by Crippen LogP contribution is 2.20. The third-order valence-electron chi connectivity index (χ3n) is 5.15. The molecule has 0 bridgehead atoms. The lowest BCUT2D eigenvalue weighted by atomic mass is 10.2. The van der Waals surface area contributed by atoms with Gasteiger partial charge >= 0.3 is 0 Å². The molecule has 1 amide bonds. The van der Waals surface area contributed by atoms with Crippen LogP contribution in [0.3, 0.4) is 0 Å². The smallest absolute Gasteiger partial charge is 0.253 e. The summed E-state index contributed by atoms with van der Waals surface area (Å²) < 4.78 is 13.2. The molecule has 0 unspecified atom stereocenters. The topological polar surface area (TPSA) is 78.3 Å². The van der Waals surface area contributed by atoms with Crippen LogP contribution in [0.25, 0.3) is 11.0 Å². The number of ether oxygens (including phenoxy) is 2. The summed E-state index contributed by atoms with van der Waals surface area (Å²) in [6, 6.07) is 19.1. The van der Waals surface area contributed by atoms with Gasteiger partial charge in [-0.2, -0.15) is 0 Å². The molecule has 32 heavy (non-hydrogen) atoms. The average Bonchev–Trinajstić information content (AvgIpc) is 3.20. The number of rotatable bonds is 10. The van der Waals surface area contributed by atoms with Crippen LogP contribution in [0.2, 0.25) is 0 Å². The minimum atomic E-state index is -0.164. The molecule has 1 N–H and O–H groups in total. The first-order valence-corrected chi connectivity index (χ1v) is 10.6. The molecule has 4 rings (SSSR count). The number of imidazole rings is 1. The number of para-hydroxylation sites is 2. The molecule has 0 aliphatic rings. The van der Waals surface area contributed by atoms with Crippen molar-refractivity contribution in [2.24, 2.45) is 0 Å². The van der Waals surface area contributed by atoms with Crippen molar-refractivity contribution in [2.45, 2.75) is 25.9 Å². The van der Waals surface area contributed by atoms with E-state index in [1.807, 2.05) is 42.5 Å². The predicted molar refractivity (Wildman–Crippen MR) is 123 cm³/mol. The zero-order chi connectivity index (χ0) is 22.2. The van der Waals surface area contributed by atoms with Gasteiger partial charge < -0.3 is 19.4 Å². The van der Waals surface area contributed by atoms with E-state index < -0.39 is 0 Å². The zero-order valence-corrected chi connectivity index (χ0v) is 18.0. The molecule has 2 heterocycles. The van der Waals surface area contributed by atoms with E-state index in [1.165, 1.54) is 0 Å². The maximum absolute atomic E-state index is 12.4. The van der Waals surface area contributed by atoms with E-state index in [-0.39, 0.29) is 5.91 Å². The molecule has 164 valence electrons. The summed E-state index contributed by atoms with van der Waals surface area (Å²) in [7, 11) is 1.64. The van der Waals surface area contributed by atoms with Gasteiger partial charge in [0.1, 0.15) is 17.3 Å². The van der Waals surface area contributed by atoms with E-state index in [0.29, 0.717) is 18.7 Å². The van der Waals surface area contributed by atoms with Crippen molar-refractivity contribution in [3.63, 3.8) is 0 Å². The molecule has 0 atom stereocenters. The van der Waals surface area contributed by atoms with Crippen LogP contribution in [-0.4, -0.2) is 34.2 Å². The van der Waals surface area contributed by atoms with Crippen LogP contribution in [0, 0.1) is 0 Å². The molecule has 0 aliphatic heterocycles. The van der Waals surface area contributed by atoms with Crippen LogP contribution in [0.15, 0.2) is 73.1 Å². The lowest BCUT2D eigenvalue weighted by Crippen LogP contribution is -2.25. The Morgan fingerprint density at radius 2 is 1.91 bits per heavy atom. The van der Waals surface area contributed by atoms with Gasteiger partial charge in [0.25, 0.3) is 5.91 Å². The summed E-state index contributed by atoms with van der Waals surface area (Å²) >= 11 is 0. The number of hydrogen-bond donors (Lipinski definition) is 1. The van der Waals surface area contributed by atoms with Crippen LogP contribution < -0.4 is 14.8 Å². The molecule has 0 saturated heterocycles. The van der Waals surface area contributed by atoms with Crippen molar-refractivity contribution >= 4 is 16.9 Å². The summed E-state index contributed by atoms with van der Waals surface area (Å²) in [5.74, 6) is 2.25. The van der Waals surface area contributed by atoms with E-state index in [0.717, 1.165) is 47.7 Å². The predicted octanol–water partition coefficient (Wildman–Crippen LogP) is 4.23. The first-order chi connectivity index (χ1) is 15.7. The third kappa shape index (κ3) is 5.24. The molecule has 0 radical (unpaired) electrons. The van der Waals surface area contributed by atoms with Gasteiger partial charge in [-0.25, -0.2) is 4.98 Å². The summed E-state index contributed by atoms with van der Waals surface area (Å²) in [6.45, 7) is 1.76. The highest BCUT2D eigenvalue weighted by Gasteiger charge is 2.12. The number of hydrogen-bond acceptors (Lipinski definition) is 5. The Balaban J connectivity index is 1.36. The first kappa shape index (κ1) is 21.4. The second-order valence-corrected chi connectivity index (χ2v) is 7.33. The fourth-order valence-electron chi connectivity index (χ4n) is 3.52. The number of benzene rings is 2. The number of pyridine rings is 1. The van der Waals surface area contributed by atoms with Crippen LogP contribution in [0.5, 0.6) is 11.5 Å². The van der Waals surface area contributed by atoms with Crippen molar-refractivity contribution < 1.29 is 14.3 Å². The standard InChI is InChI=1S/C25H26N4O3/c1-31-20-9-6-10-21(16-20)32-15-5-4-14-29-23-12-3-2-11-22(23)28-24(29)18-27-25(30)19-8-7-13-26-17-19/h2-3,6-13,16-17H,4-5,14-15,18H2,1H3,(H,27,30). The van der Waals surface area contributed by atoms with Crippen molar-refractivity contribution in [3.05, 3.63) is 84.4 Å². The molecule has 7 heteroatoms. The monoisotopic (exact) mass is 430 g/mol. The molecule has 4 aromatic rings. The SMILES string of the molecule is COc1cccc(OCCCCn2c(CNC(=O)c3cccnc3)nc3ccccc32)c1. The molecule has 7 nitrogen and oxygen atoms in total. The second kappa shape index (κ2) is 10.4. The quantitative estimate of drug-likeness (QED) is 0.381. The van der Waals surface area contributed by atoms with Gasteiger partial charge in [0.2, 0.25) is 0 Å². The number of nitrogens with one attached hydrogen (secondary N) is 1. The highest BCUT2D eigenvalue weighted by atomic mass is 16.5. The highest BCUT2D eigenvalue weighted by molar-refractivity contribution is 5.93. The number of aryl methyl sites for hydroxylation is 1. The van der Waals surface area contributed by atoms with Crippen molar-refractivity contribution in [3.8, 4) is 11.5 Å². The average molecular weight is 431 g/mol. The van der Waals surface area contributed by atoms with E-state index >= 15 is 0 Å². The molecule has 0 aliphatic carbocycles. The number of carbonyl (C=O) groups excluding carboxylic acids is 1. The molecule has 0 fully saturated rings. The Morgan fingerprint density at radius 3 is 2.75 bits per heavy atom. The van der Waals surface area contributed by atoms with E-state index in [2.05, 4.69) is 20.9 Å². The lowest BCUT2D eigenvalue weighted by molar-refractivity contribution is 0.0949. The number of methoxy groups -OCH3 is 1. The second-order valence-electron chi connectivity index (χ2n) is 7.33. The number of nitrogens with zero attached hydrogens (tertiary/aromatic N) is 3.